The molecule has 6 aromatic rings. The van der Waals surface area contributed by atoms with Gasteiger partial charge < -0.3 is 9.84 Å². The van der Waals surface area contributed by atoms with Gasteiger partial charge >= 0.3 is 0 Å². The van der Waals surface area contributed by atoms with E-state index in [4.69, 9.17) is 24.9 Å². The molecular weight excluding hydrogens is 540 g/mol. The molecule has 7 heterocycles. The van der Waals surface area contributed by atoms with E-state index in [-0.39, 0.29) is 6.61 Å². The summed E-state index contributed by atoms with van der Waals surface area (Å²) in [7, 11) is 1.64. The van der Waals surface area contributed by atoms with Crippen LogP contribution in [0.2, 0.25) is 0 Å². The van der Waals surface area contributed by atoms with Gasteiger partial charge in [-0.25, -0.2) is 19.3 Å². The molecule has 1 N–H and O–H groups in total. The maximum Gasteiger partial charge on any atom is 0.157 e. The number of methoxy groups -OCH3 is 1. The molecule has 0 unspecified atom stereocenters. The molecule has 1 aliphatic heterocycles. The van der Waals surface area contributed by atoms with E-state index in [2.05, 4.69) is 23.8 Å². The highest BCUT2D eigenvalue weighted by Crippen LogP contribution is 2.35. The largest absolute Gasteiger partial charge is 0.497 e. The number of rotatable bonds is 4. The van der Waals surface area contributed by atoms with Crippen LogP contribution in [-0.4, -0.2) is 51.7 Å². The molecule has 0 radical (unpaired) electrons. The quantitative estimate of drug-likeness (QED) is 0.305. The third-order valence-electron chi connectivity index (χ3n) is 7.66. The fraction of sp³-hybridized carbons (Fsp3) is 0.152. The van der Waals surface area contributed by atoms with E-state index < -0.39 is 5.41 Å². The molecule has 7 rings (SSSR count). The number of ether oxygens (including phenoxy) is 1. The van der Waals surface area contributed by atoms with Gasteiger partial charge in [-0.1, -0.05) is 12.2 Å². The van der Waals surface area contributed by atoms with E-state index in [0.29, 0.717) is 17.4 Å². The molecule has 0 atom stereocenters. The van der Waals surface area contributed by atoms with Crippen molar-refractivity contribution in [1.29, 1.82) is 0 Å². The molecule has 8 bridgehead atoms. The van der Waals surface area contributed by atoms with Crippen molar-refractivity contribution in [2.24, 2.45) is 0 Å². The van der Waals surface area contributed by atoms with Crippen molar-refractivity contribution in [3.63, 3.8) is 0 Å². The molecule has 10 heteroatoms. The van der Waals surface area contributed by atoms with Crippen molar-refractivity contribution < 1.29 is 9.84 Å². The first-order chi connectivity index (χ1) is 20.9. The summed E-state index contributed by atoms with van der Waals surface area (Å²) in [5.41, 5.74) is 6.70. The van der Waals surface area contributed by atoms with E-state index in [1.54, 1.807) is 41.3 Å². The van der Waals surface area contributed by atoms with Crippen molar-refractivity contribution in [1.82, 2.24) is 39.5 Å². The maximum atomic E-state index is 10.2. The van der Waals surface area contributed by atoms with Gasteiger partial charge in [0.25, 0.3) is 0 Å². The second-order valence-corrected chi connectivity index (χ2v) is 10.8. The summed E-state index contributed by atoms with van der Waals surface area (Å²) in [4.78, 5) is 18.5. The summed E-state index contributed by atoms with van der Waals surface area (Å²) in [5, 5.41) is 20.2. The minimum atomic E-state index is -0.671. The van der Waals surface area contributed by atoms with Gasteiger partial charge in [0.2, 0.25) is 0 Å². The normalized spacial score (nSPS) is 13.3. The number of hydrogen-bond donors (Lipinski definition) is 1. The first kappa shape index (κ1) is 26.4. The second-order valence-electron chi connectivity index (χ2n) is 10.8. The Labute approximate surface area is 248 Å². The van der Waals surface area contributed by atoms with Gasteiger partial charge in [-0.2, -0.15) is 10.2 Å². The summed E-state index contributed by atoms with van der Waals surface area (Å²) in [6, 6.07) is 15.3. The fourth-order valence-electron chi connectivity index (χ4n) is 5.18. The van der Waals surface area contributed by atoms with Crippen LogP contribution in [0.15, 0.2) is 85.7 Å². The lowest BCUT2D eigenvalue weighted by atomic mass is 9.84. The van der Waals surface area contributed by atoms with Crippen molar-refractivity contribution >= 4 is 12.2 Å². The van der Waals surface area contributed by atoms with Crippen LogP contribution < -0.4 is 4.74 Å². The third-order valence-corrected chi connectivity index (χ3v) is 7.66. The number of fused-ring (bicyclic) bond motifs is 10. The Bertz CT molecular complexity index is 1840. The van der Waals surface area contributed by atoms with E-state index in [0.717, 1.165) is 50.6 Å². The molecule has 212 valence electrons. The minimum Gasteiger partial charge on any atom is -0.497 e. The van der Waals surface area contributed by atoms with Crippen molar-refractivity contribution in [3.05, 3.63) is 114 Å². The van der Waals surface area contributed by atoms with Crippen LogP contribution in [0.5, 0.6) is 5.75 Å². The van der Waals surface area contributed by atoms with Crippen molar-refractivity contribution in [3.8, 4) is 39.9 Å². The number of nitrogens with zero attached hydrogens (tertiary/aromatic N) is 8. The van der Waals surface area contributed by atoms with Crippen LogP contribution in [0, 0.1) is 0 Å². The number of aliphatic hydroxyl groups is 1. The molecule has 43 heavy (non-hydrogen) atoms. The monoisotopic (exact) mass is 568 g/mol. The highest BCUT2D eigenvalue weighted by Gasteiger charge is 2.30. The lowest BCUT2D eigenvalue weighted by Crippen LogP contribution is -2.24. The number of aliphatic hydroxyl groups excluding tert-OH is 1. The van der Waals surface area contributed by atoms with E-state index in [9.17, 15) is 5.11 Å². The molecule has 0 spiro atoms. The molecule has 0 aromatic carbocycles. The van der Waals surface area contributed by atoms with Gasteiger partial charge in [0, 0.05) is 77.0 Å². The average Bonchev–Trinajstić information content (AvgIpc) is 3.69. The highest BCUT2D eigenvalue weighted by atomic mass is 16.5. The highest BCUT2D eigenvalue weighted by molar-refractivity contribution is 5.83. The van der Waals surface area contributed by atoms with E-state index in [1.807, 2.05) is 73.1 Å². The zero-order valence-corrected chi connectivity index (χ0v) is 23.9. The lowest BCUT2D eigenvalue weighted by Gasteiger charge is -2.26. The molecular formula is C33H28N8O2. The second kappa shape index (κ2) is 10.4. The minimum absolute atomic E-state index is 0.145. The summed E-state index contributed by atoms with van der Waals surface area (Å²) in [6.07, 6.45) is 15.0. The molecule has 0 fully saturated rings. The molecule has 0 amide bonds. The van der Waals surface area contributed by atoms with Gasteiger partial charge in [0.05, 0.1) is 25.1 Å². The molecule has 0 saturated carbocycles. The fourth-order valence-corrected chi connectivity index (χ4v) is 5.18. The third kappa shape index (κ3) is 4.77. The number of pyridine rings is 4. The predicted molar refractivity (Wildman–Crippen MR) is 163 cm³/mol. The molecule has 1 aliphatic rings. The molecule has 6 aromatic heterocycles. The van der Waals surface area contributed by atoms with Gasteiger partial charge in [0.15, 0.2) is 11.6 Å². The van der Waals surface area contributed by atoms with Crippen LogP contribution in [-0.2, 0) is 12.0 Å². The first-order valence-electron chi connectivity index (χ1n) is 13.8. The van der Waals surface area contributed by atoms with Gasteiger partial charge in [-0.15, -0.1) is 0 Å². The Hall–Kier alpha value is -5.48. The average molecular weight is 569 g/mol. The smallest absolute Gasteiger partial charge is 0.157 e. The Kier molecular flexibility index (Phi) is 6.40. The number of hydrogen-bond acceptors (Lipinski definition) is 8. The molecule has 0 saturated heterocycles. The van der Waals surface area contributed by atoms with Crippen molar-refractivity contribution in [2.45, 2.75) is 25.9 Å². The predicted octanol–water partition coefficient (Wildman–Crippen LogP) is 5.28. The first-order valence-corrected chi connectivity index (χ1v) is 13.8. The summed E-state index contributed by atoms with van der Waals surface area (Å²) in [5.74, 6) is 1.84. The van der Waals surface area contributed by atoms with Gasteiger partial charge in [-0.05, 0) is 55.8 Å². The van der Waals surface area contributed by atoms with E-state index in [1.165, 1.54) is 0 Å². The Morgan fingerprint density at radius 1 is 0.721 bits per heavy atom. The van der Waals surface area contributed by atoms with E-state index >= 15 is 0 Å². The topological polar surface area (TPSA) is 117 Å². The van der Waals surface area contributed by atoms with Gasteiger partial charge in [-0.3, -0.25) is 9.97 Å². The Morgan fingerprint density at radius 2 is 1.23 bits per heavy atom. The molecule has 0 aliphatic carbocycles. The zero-order valence-electron chi connectivity index (χ0n) is 23.9. The Morgan fingerprint density at radius 3 is 1.74 bits per heavy atom. The SMILES string of the molecule is COc1cc2nc(c1)C(C)(C)c1cc(CO)cc(n1)-n1cc(c(-c3ccncc3)n1)C=Cc1cn-2nc1-c1ccncc1. The summed E-state index contributed by atoms with van der Waals surface area (Å²) in [6.45, 7) is 3.97. The summed E-state index contributed by atoms with van der Waals surface area (Å²) >= 11 is 0. The standard InChI is InChI=1S/C33H28N8O2/c1-33(2)27-14-21(20-42)15-29(36-27)40-18-24(31(38-40)22-6-10-34-11-7-22)4-5-25-19-41(30-17-26(43-3)16-28(33)37-30)39-32(25)23-8-12-35-13-9-23/h4-19,42H,20H2,1-3H3. The van der Waals surface area contributed by atoms with Crippen LogP contribution >= 0.6 is 0 Å². The maximum absolute atomic E-state index is 10.2. The number of aromatic nitrogens is 8. The summed E-state index contributed by atoms with van der Waals surface area (Å²) < 4.78 is 9.24. The van der Waals surface area contributed by atoms with Crippen LogP contribution in [0.25, 0.3) is 46.3 Å². The van der Waals surface area contributed by atoms with Crippen molar-refractivity contribution in [2.75, 3.05) is 7.11 Å². The van der Waals surface area contributed by atoms with Crippen LogP contribution in [0.1, 0.15) is 41.9 Å². The Balaban J connectivity index is 1.54. The van der Waals surface area contributed by atoms with Crippen LogP contribution in [0.4, 0.5) is 0 Å². The lowest BCUT2D eigenvalue weighted by molar-refractivity contribution is 0.281. The zero-order chi connectivity index (χ0) is 29.6. The molecule has 10 nitrogen and oxygen atoms in total. The van der Waals surface area contributed by atoms with Gasteiger partial charge in [0.1, 0.15) is 17.1 Å². The van der Waals surface area contributed by atoms with Crippen LogP contribution in [0.3, 0.4) is 0 Å².